The first-order valence-corrected chi connectivity index (χ1v) is 9.30. The Hall–Kier alpha value is -0.560. The summed E-state index contributed by atoms with van der Waals surface area (Å²) in [6.45, 7) is 14.4. The minimum atomic E-state index is -0.964. The molecule has 0 aromatic carbocycles. The van der Waals surface area contributed by atoms with Gasteiger partial charge in [-0.2, -0.15) is 0 Å². The van der Waals surface area contributed by atoms with Gasteiger partial charge in [-0.3, -0.25) is 0 Å². The molecular weight excluding hydrogens is 288 g/mol. The van der Waals surface area contributed by atoms with Gasteiger partial charge in [-0.25, -0.2) is 0 Å². The van der Waals surface area contributed by atoms with Crippen LogP contribution < -0.4 is 0 Å². The topological polar surface area (TPSA) is 53.0 Å². The minimum absolute atomic E-state index is 0.443. The lowest BCUT2D eigenvalue weighted by atomic mass is 9.85. The highest BCUT2D eigenvalue weighted by Crippen LogP contribution is 2.25. The van der Waals surface area contributed by atoms with Gasteiger partial charge in [-0.1, -0.05) is 66.2 Å². The Labute approximate surface area is 143 Å². The molecule has 0 spiro atoms. The average molecular weight is 327 g/mol. The summed E-state index contributed by atoms with van der Waals surface area (Å²) in [6, 6.07) is 0. The van der Waals surface area contributed by atoms with Gasteiger partial charge in [0.25, 0.3) is 0 Å². The van der Waals surface area contributed by atoms with Crippen LogP contribution in [0.3, 0.4) is 0 Å². The number of hydrogen-bond acceptors (Lipinski definition) is 3. The second kappa shape index (κ2) is 11.1. The number of epoxide rings is 1. The Kier molecular flexibility index (Phi) is 10.8. The number of ether oxygens (including phenoxy) is 1. The van der Waals surface area contributed by atoms with E-state index in [1.54, 1.807) is 0 Å². The average Bonchev–Trinajstić information content (AvgIpc) is 3.41. The fourth-order valence-corrected chi connectivity index (χ4v) is 2.24. The largest absolute Gasteiger partial charge is 0.378 e. The van der Waals surface area contributed by atoms with Gasteiger partial charge in [0, 0.05) is 0 Å². The summed E-state index contributed by atoms with van der Waals surface area (Å²) in [7, 11) is 0. The second-order valence-corrected chi connectivity index (χ2v) is 7.07. The molecule has 1 aliphatic rings. The molecule has 3 nitrogen and oxygen atoms in total. The number of rotatable bonds is 8. The van der Waals surface area contributed by atoms with Crippen molar-refractivity contribution in [1.82, 2.24) is 0 Å². The number of aliphatic hydroxyl groups is 2. The van der Waals surface area contributed by atoms with E-state index < -0.39 is 11.2 Å². The summed E-state index contributed by atoms with van der Waals surface area (Å²) in [5, 5.41) is 21.2. The molecule has 23 heavy (non-hydrogen) atoms. The van der Waals surface area contributed by atoms with E-state index in [0.717, 1.165) is 26.1 Å². The molecule has 3 heteroatoms. The predicted molar refractivity (Wildman–Crippen MR) is 97.2 cm³/mol. The van der Waals surface area contributed by atoms with E-state index in [1.165, 1.54) is 0 Å². The second-order valence-electron chi connectivity index (χ2n) is 7.07. The number of hydrogen-bond donors (Lipinski definition) is 2. The molecule has 1 heterocycles. The van der Waals surface area contributed by atoms with Gasteiger partial charge in [-0.05, 0) is 37.5 Å². The van der Waals surface area contributed by atoms with Gasteiger partial charge in [0.2, 0.25) is 0 Å². The van der Waals surface area contributed by atoms with Crippen LogP contribution in [0.4, 0.5) is 0 Å². The third-order valence-corrected chi connectivity index (χ3v) is 4.67. The maximum absolute atomic E-state index is 10.6. The fraction of sp³-hybridized carbons (Fsp3) is 0.900. The van der Waals surface area contributed by atoms with Crippen LogP contribution in [0, 0.1) is 23.7 Å². The standard InChI is InChI=1S/C18H34O2.C2H4O/c1-7-15(5)13-17(19,9-3)11-12-18(20,10-4)14-16(6)8-2;1-2-3-1/h15-16,19-20H,7-10,13-14H2,1-6H3;1-2H2. The van der Waals surface area contributed by atoms with E-state index >= 15 is 0 Å². The van der Waals surface area contributed by atoms with E-state index in [1.807, 2.05) is 13.8 Å². The summed E-state index contributed by atoms with van der Waals surface area (Å²) in [5.74, 6) is 6.86. The van der Waals surface area contributed by atoms with Crippen molar-refractivity contribution in [2.45, 2.75) is 91.3 Å². The quantitative estimate of drug-likeness (QED) is 0.520. The first kappa shape index (κ1) is 22.4. The molecule has 1 aliphatic heterocycles. The summed E-state index contributed by atoms with van der Waals surface area (Å²) in [5.41, 5.74) is -1.93. The Morgan fingerprint density at radius 3 is 1.30 bits per heavy atom. The molecular formula is C20H38O3. The van der Waals surface area contributed by atoms with Crippen LogP contribution in [0.25, 0.3) is 0 Å². The first-order chi connectivity index (χ1) is 10.7. The lowest BCUT2D eigenvalue weighted by Crippen LogP contribution is -2.32. The highest BCUT2D eigenvalue weighted by molar-refractivity contribution is 5.21. The molecule has 1 fully saturated rings. The fourth-order valence-electron chi connectivity index (χ4n) is 2.24. The van der Waals surface area contributed by atoms with E-state index in [9.17, 15) is 10.2 Å². The predicted octanol–water partition coefficient (Wildman–Crippen LogP) is 4.16. The Bertz CT molecular complexity index is 336. The van der Waals surface area contributed by atoms with Gasteiger partial charge in [0.05, 0.1) is 13.2 Å². The molecule has 0 aromatic heterocycles. The van der Waals surface area contributed by atoms with Crippen molar-refractivity contribution in [3.05, 3.63) is 0 Å². The van der Waals surface area contributed by atoms with Crippen LogP contribution in [0.5, 0.6) is 0 Å². The summed E-state index contributed by atoms with van der Waals surface area (Å²) < 4.78 is 4.50. The smallest absolute Gasteiger partial charge is 0.125 e. The zero-order valence-corrected chi connectivity index (χ0v) is 16.1. The first-order valence-electron chi connectivity index (χ1n) is 9.30. The minimum Gasteiger partial charge on any atom is -0.378 e. The molecule has 136 valence electrons. The highest BCUT2D eigenvalue weighted by Gasteiger charge is 2.28. The van der Waals surface area contributed by atoms with E-state index in [4.69, 9.17) is 0 Å². The lowest BCUT2D eigenvalue weighted by molar-refractivity contribution is 0.0595. The van der Waals surface area contributed by atoms with Crippen molar-refractivity contribution in [2.75, 3.05) is 13.2 Å². The van der Waals surface area contributed by atoms with Crippen LogP contribution in [-0.2, 0) is 4.74 Å². The summed E-state index contributed by atoms with van der Waals surface area (Å²) in [4.78, 5) is 0. The van der Waals surface area contributed by atoms with Crippen LogP contribution in [0.15, 0.2) is 0 Å². The van der Waals surface area contributed by atoms with Gasteiger partial charge in [-0.15, -0.1) is 0 Å². The van der Waals surface area contributed by atoms with Gasteiger partial charge < -0.3 is 14.9 Å². The molecule has 0 amide bonds. The van der Waals surface area contributed by atoms with Gasteiger partial charge in [0.1, 0.15) is 11.2 Å². The lowest BCUT2D eigenvalue weighted by Gasteiger charge is -2.27. The highest BCUT2D eigenvalue weighted by atomic mass is 16.6. The monoisotopic (exact) mass is 326 g/mol. The Morgan fingerprint density at radius 1 is 0.826 bits per heavy atom. The van der Waals surface area contributed by atoms with Crippen molar-refractivity contribution in [3.8, 4) is 11.8 Å². The van der Waals surface area contributed by atoms with Crippen LogP contribution in [0.2, 0.25) is 0 Å². The van der Waals surface area contributed by atoms with Gasteiger partial charge >= 0.3 is 0 Å². The molecule has 4 atom stereocenters. The molecule has 0 radical (unpaired) electrons. The van der Waals surface area contributed by atoms with Crippen molar-refractivity contribution in [2.24, 2.45) is 11.8 Å². The molecule has 1 saturated heterocycles. The summed E-state index contributed by atoms with van der Waals surface area (Å²) >= 11 is 0. The van der Waals surface area contributed by atoms with Crippen LogP contribution in [-0.4, -0.2) is 34.6 Å². The molecule has 0 aromatic rings. The maximum atomic E-state index is 10.6. The zero-order chi connectivity index (χ0) is 17.9. The maximum Gasteiger partial charge on any atom is 0.125 e. The normalized spacial score (nSPS) is 20.7. The van der Waals surface area contributed by atoms with Crippen LogP contribution >= 0.6 is 0 Å². The Morgan fingerprint density at radius 2 is 1.13 bits per heavy atom. The van der Waals surface area contributed by atoms with Crippen LogP contribution in [0.1, 0.15) is 80.1 Å². The molecule has 1 rings (SSSR count). The zero-order valence-electron chi connectivity index (χ0n) is 16.1. The third kappa shape index (κ3) is 10.8. The SMILES string of the molecule is C1CO1.CCC(C)CC(O)(C#CC(O)(CC)CC(C)CC)CC. The van der Waals surface area contributed by atoms with Crippen molar-refractivity contribution < 1.29 is 14.9 Å². The molecule has 0 aliphatic carbocycles. The molecule has 0 bridgehead atoms. The van der Waals surface area contributed by atoms with Crippen molar-refractivity contribution >= 4 is 0 Å². The molecule has 0 saturated carbocycles. The summed E-state index contributed by atoms with van der Waals surface area (Å²) in [6.07, 6.45) is 4.64. The van der Waals surface area contributed by atoms with Crippen molar-refractivity contribution in [1.29, 1.82) is 0 Å². The van der Waals surface area contributed by atoms with E-state index in [-0.39, 0.29) is 0 Å². The van der Waals surface area contributed by atoms with Gasteiger partial charge in [0.15, 0.2) is 0 Å². The van der Waals surface area contributed by atoms with Crippen molar-refractivity contribution in [3.63, 3.8) is 0 Å². The third-order valence-electron chi connectivity index (χ3n) is 4.67. The van der Waals surface area contributed by atoms with E-state index in [2.05, 4.69) is 44.3 Å². The van der Waals surface area contributed by atoms with E-state index in [0.29, 0.717) is 37.5 Å². The molecule has 2 N–H and O–H groups in total. The Balaban J connectivity index is 0.00000143. The molecule has 4 unspecified atom stereocenters.